The first-order valence-corrected chi connectivity index (χ1v) is 8.00. The third-order valence-corrected chi connectivity index (χ3v) is 4.51. The van der Waals surface area contributed by atoms with Gasteiger partial charge in [-0.1, -0.05) is 0 Å². The highest BCUT2D eigenvalue weighted by atomic mass is 19.4. The summed E-state index contributed by atoms with van der Waals surface area (Å²) >= 11 is 0. The number of β-amino-alcohol motifs (C(OH)–C–C–N with tert-alkyl or cyclic N) is 1. The van der Waals surface area contributed by atoms with E-state index in [4.69, 9.17) is 0 Å². The van der Waals surface area contributed by atoms with Gasteiger partial charge in [0.15, 0.2) is 0 Å². The van der Waals surface area contributed by atoms with Crippen molar-refractivity contribution in [3.63, 3.8) is 0 Å². The van der Waals surface area contributed by atoms with E-state index in [9.17, 15) is 23.1 Å². The van der Waals surface area contributed by atoms with Gasteiger partial charge in [0.25, 0.3) is 5.91 Å². The fourth-order valence-electron chi connectivity index (χ4n) is 3.13. The lowest BCUT2D eigenvalue weighted by molar-refractivity contribution is -0.137. The SMILES string of the molecule is O=C(c1cc(-c2cc(C(F)(F)F)cc3c2C=NC3)ccn1)N1CC(O)C1. The Hall–Kier alpha value is -2.74. The predicted octanol–water partition coefficient (Wildman–Crippen LogP) is 2.52. The van der Waals surface area contributed by atoms with Gasteiger partial charge in [0.2, 0.25) is 0 Å². The fourth-order valence-corrected chi connectivity index (χ4v) is 3.13. The zero-order chi connectivity index (χ0) is 18.5. The molecule has 4 rings (SSSR count). The summed E-state index contributed by atoms with van der Waals surface area (Å²) in [6, 6.07) is 5.24. The molecule has 1 saturated heterocycles. The van der Waals surface area contributed by atoms with Crippen LogP contribution in [0.25, 0.3) is 11.1 Å². The van der Waals surface area contributed by atoms with Crippen LogP contribution in [-0.4, -0.2) is 46.3 Å². The molecule has 1 amide bonds. The predicted molar refractivity (Wildman–Crippen MR) is 87.9 cm³/mol. The normalized spacial score (nSPS) is 16.5. The van der Waals surface area contributed by atoms with E-state index in [1.165, 1.54) is 17.2 Å². The minimum Gasteiger partial charge on any atom is -0.389 e. The Kier molecular flexibility index (Phi) is 3.80. The first-order valence-electron chi connectivity index (χ1n) is 8.00. The number of aliphatic hydroxyl groups is 1. The molecule has 2 aliphatic rings. The van der Waals surface area contributed by atoms with Crippen LogP contribution in [0.3, 0.4) is 0 Å². The topological polar surface area (TPSA) is 65.8 Å². The first-order chi connectivity index (χ1) is 12.3. The van der Waals surface area contributed by atoms with E-state index in [1.54, 1.807) is 12.3 Å². The number of nitrogens with zero attached hydrogens (tertiary/aromatic N) is 3. The summed E-state index contributed by atoms with van der Waals surface area (Å²) in [6.07, 6.45) is -2.05. The van der Waals surface area contributed by atoms with Crippen LogP contribution in [-0.2, 0) is 12.7 Å². The average molecular weight is 361 g/mol. The lowest BCUT2D eigenvalue weighted by atomic mass is 9.94. The number of halogens is 3. The van der Waals surface area contributed by atoms with Gasteiger partial charge in [-0.2, -0.15) is 13.2 Å². The van der Waals surface area contributed by atoms with Crippen molar-refractivity contribution in [1.29, 1.82) is 0 Å². The summed E-state index contributed by atoms with van der Waals surface area (Å²) < 4.78 is 39.7. The molecule has 2 aliphatic heterocycles. The van der Waals surface area contributed by atoms with Gasteiger partial charge >= 0.3 is 6.18 Å². The molecule has 0 radical (unpaired) electrons. The van der Waals surface area contributed by atoms with Crippen LogP contribution in [0.5, 0.6) is 0 Å². The quantitative estimate of drug-likeness (QED) is 0.894. The molecule has 0 unspecified atom stereocenters. The molecule has 0 bridgehead atoms. The monoisotopic (exact) mass is 361 g/mol. The lowest BCUT2D eigenvalue weighted by Crippen LogP contribution is -2.53. The van der Waals surface area contributed by atoms with Gasteiger partial charge < -0.3 is 10.0 Å². The summed E-state index contributed by atoms with van der Waals surface area (Å²) in [6.45, 7) is 0.668. The molecule has 0 spiro atoms. The van der Waals surface area contributed by atoms with Gasteiger partial charge in [0.1, 0.15) is 5.69 Å². The maximum absolute atomic E-state index is 13.2. The van der Waals surface area contributed by atoms with Crippen molar-refractivity contribution in [2.24, 2.45) is 4.99 Å². The molecule has 26 heavy (non-hydrogen) atoms. The molecular weight excluding hydrogens is 347 g/mol. The van der Waals surface area contributed by atoms with Crippen LogP contribution in [0, 0.1) is 0 Å². The van der Waals surface area contributed by atoms with Crippen molar-refractivity contribution < 1.29 is 23.1 Å². The number of pyridine rings is 1. The number of aromatic nitrogens is 1. The molecule has 1 aromatic heterocycles. The van der Waals surface area contributed by atoms with E-state index in [1.807, 2.05) is 0 Å². The van der Waals surface area contributed by atoms with Crippen LogP contribution in [0.1, 0.15) is 27.2 Å². The maximum Gasteiger partial charge on any atom is 0.416 e. The van der Waals surface area contributed by atoms with Crippen LogP contribution < -0.4 is 0 Å². The van der Waals surface area contributed by atoms with Gasteiger partial charge in [-0.25, -0.2) is 0 Å². The van der Waals surface area contributed by atoms with Crippen molar-refractivity contribution in [3.05, 3.63) is 52.8 Å². The second-order valence-electron chi connectivity index (χ2n) is 6.36. The number of benzene rings is 1. The van der Waals surface area contributed by atoms with E-state index >= 15 is 0 Å². The number of alkyl halides is 3. The number of amides is 1. The number of aliphatic imine (C=N–C) groups is 1. The van der Waals surface area contributed by atoms with E-state index in [0.29, 0.717) is 22.3 Å². The van der Waals surface area contributed by atoms with Crippen LogP contribution >= 0.6 is 0 Å². The minimum atomic E-state index is -4.47. The highest BCUT2D eigenvalue weighted by molar-refractivity contribution is 5.97. The van der Waals surface area contributed by atoms with Crippen molar-refractivity contribution in [2.45, 2.75) is 18.8 Å². The van der Waals surface area contributed by atoms with Crippen molar-refractivity contribution >= 4 is 12.1 Å². The van der Waals surface area contributed by atoms with E-state index < -0.39 is 17.8 Å². The minimum absolute atomic E-state index is 0.135. The molecule has 2 aromatic rings. The van der Waals surface area contributed by atoms with Gasteiger partial charge in [-0.3, -0.25) is 14.8 Å². The van der Waals surface area contributed by atoms with Gasteiger partial charge in [0, 0.05) is 31.1 Å². The van der Waals surface area contributed by atoms with Crippen LogP contribution in [0.2, 0.25) is 0 Å². The Balaban J connectivity index is 1.76. The summed E-state index contributed by atoms with van der Waals surface area (Å²) in [4.78, 5) is 21.9. The van der Waals surface area contributed by atoms with Crippen LogP contribution in [0.4, 0.5) is 13.2 Å². The average Bonchev–Trinajstić information content (AvgIpc) is 3.05. The number of hydrogen-bond donors (Lipinski definition) is 1. The van der Waals surface area contributed by atoms with Crippen molar-refractivity contribution in [1.82, 2.24) is 9.88 Å². The Morgan fingerprint density at radius 2 is 2.00 bits per heavy atom. The lowest BCUT2D eigenvalue weighted by Gasteiger charge is -2.35. The standard InChI is InChI=1S/C18H14F3N3O2/c19-18(20,21)12-3-11-6-22-7-15(11)14(5-12)10-1-2-23-16(4-10)17(26)24-8-13(25)9-24/h1-5,7,13,25H,6,8-9H2. The second kappa shape index (κ2) is 5.91. The molecular formula is C18H14F3N3O2. The highest BCUT2D eigenvalue weighted by Gasteiger charge is 2.33. The summed E-state index contributed by atoms with van der Waals surface area (Å²) in [5, 5.41) is 9.32. The van der Waals surface area contributed by atoms with E-state index in [0.717, 1.165) is 12.1 Å². The summed E-state index contributed by atoms with van der Waals surface area (Å²) in [7, 11) is 0. The number of aliphatic hydroxyl groups excluding tert-OH is 1. The summed E-state index contributed by atoms with van der Waals surface area (Å²) in [5.41, 5.74) is 1.37. The third-order valence-electron chi connectivity index (χ3n) is 4.51. The fraction of sp³-hybridized carbons (Fsp3) is 0.278. The van der Waals surface area contributed by atoms with Crippen LogP contribution in [0.15, 0.2) is 35.5 Å². The highest BCUT2D eigenvalue weighted by Crippen LogP contribution is 2.37. The molecule has 3 heterocycles. The number of hydrogen-bond acceptors (Lipinski definition) is 4. The molecule has 0 atom stereocenters. The molecule has 0 aliphatic carbocycles. The molecule has 1 aromatic carbocycles. The second-order valence-corrected chi connectivity index (χ2v) is 6.36. The van der Waals surface area contributed by atoms with E-state index in [-0.39, 0.29) is 31.2 Å². The smallest absolute Gasteiger partial charge is 0.389 e. The Labute approximate surface area is 146 Å². The zero-order valence-corrected chi connectivity index (χ0v) is 13.5. The molecule has 1 N–H and O–H groups in total. The number of carbonyl (C=O) groups excluding carboxylic acids is 1. The zero-order valence-electron chi connectivity index (χ0n) is 13.5. The number of likely N-dealkylation sites (tertiary alicyclic amines) is 1. The van der Waals surface area contributed by atoms with E-state index in [2.05, 4.69) is 9.98 Å². The number of fused-ring (bicyclic) bond motifs is 1. The van der Waals surface area contributed by atoms with Gasteiger partial charge in [0.05, 0.1) is 18.2 Å². The number of carbonyl (C=O) groups is 1. The van der Waals surface area contributed by atoms with Crippen molar-refractivity contribution in [3.8, 4) is 11.1 Å². The molecule has 8 heteroatoms. The Bertz CT molecular complexity index is 918. The maximum atomic E-state index is 13.2. The molecule has 5 nitrogen and oxygen atoms in total. The number of rotatable bonds is 2. The summed E-state index contributed by atoms with van der Waals surface area (Å²) in [5.74, 6) is -0.352. The van der Waals surface area contributed by atoms with Gasteiger partial charge in [-0.05, 0) is 41.0 Å². The largest absolute Gasteiger partial charge is 0.416 e. The molecule has 1 fully saturated rings. The Morgan fingerprint density at radius 1 is 1.23 bits per heavy atom. The molecule has 134 valence electrons. The first kappa shape index (κ1) is 16.7. The van der Waals surface area contributed by atoms with Crippen molar-refractivity contribution in [2.75, 3.05) is 13.1 Å². The third kappa shape index (κ3) is 2.86. The molecule has 0 saturated carbocycles. The Morgan fingerprint density at radius 3 is 2.69 bits per heavy atom. The van der Waals surface area contributed by atoms with Gasteiger partial charge in [-0.15, -0.1) is 0 Å².